The molecule has 0 amide bonds. The van der Waals surface area contributed by atoms with Crippen LogP contribution in [-0.4, -0.2) is 0 Å². The number of hydrogen-bond donors (Lipinski definition) is 0. The van der Waals surface area contributed by atoms with Crippen LogP contribution in [-0.2, 0) is 6.18 Å². The largest absolute Gasteiger partial charge is 0.417 e. The average Bonchev–Trinajstić information content (AvgIpc) is 2.57. The monoisotopic (exact) mass is 340 g/mol. The first-order valence-electron chi connectivity index (χ1n) is 6.71. The van der Waals surface area contributed by atoms with Gasteiger partial charge in [0.2, 0.25) is 0 Å². The van der Waals surface area contributed by atoms with E-state index in [-0.39, 0.29) is 5.56 Å². The molecule has 0 fully saturated rings. The molecule has 0 saturated heterocycles. The highest BCUT2D eigenvalue weighted by atomic mass is 19.4. The second-order valence-electron chi connectivity index (χ2n) is 3.86. The summed E-state index contributed by atoms with van der Waals surface area (Å²) in [4.78, 5) is 0. The quantitative estimate of drug-likeness (QED) is 0.600. The van der Waals surface area contributed by atoms with Crippen LogP contribution in [0.2, 0.25) is 0 Å². The van der Waals surface area contributed by atoms with E-state index in [1.165, 1.54) is 30.3 Å². The summed E-state index contributed by atoms with van der Waals surface area (Å²) in [6, 6.07) is 10.9. The summed E-state index contributed by atoms with van der Waals surface area (Å²) in [6.07, 6.45) is -4.44. The molecular weight excluding hydrogens is 327 g/mol. The number of alkyl halides is 3. The molecule has 0 aromatic heterocycles. The third-order valence-corrected chi connectivity index (χ3v) is 2.43. The standard InChI is InChI=1S/C8H4F3N.C7H3F2N.C2H6/c9-8(10,11)7-4-2-1-3-6(7)5-12;8-6-2-1-3-7(9)5(6)4-10;1-2/h1-4H;1-3H;1-2H3. The topological polar surface area (TPSA) is 47.6 Å². The SMILES string of the molecule is CC.N#Cc1c(F)cccc1F.N#Cc1ccccc1C(F)(F)F. The first-order chi connectivity index (χ1) is 11.3. The summed E-state index contributed by atoms with van der Waals surface area (Å²) in [5.74, 6) is -1.63. The van der Waals surface area contributed by atoms with Gasteiger partial charge in [-0.25, -0.2) is 8.78 Å². The van der Waals surface area contributed by atoms with Crippen molar-refractivity contribution in [1.29, 1.82) is 10.5 Å². The van der Waals surface area contributed by atoms with Crippen LogP contribution in [0.3, 0.4) is 0 Å². The van der Waals surface area contributed by atoms with Gasteiger partial charge in [-0.2, -0.15) is 23.7 Å². The van der Waals surface area contributed by atoms with Crippen molar-refractivity contribution in [3.63, 3.8) is 0 Å². The van der Waals surface area contributed by atoms with Gasteiger partial charge in [-0.1, -0.05) is 32.0 Å². The lowest BCUT2D eigenvalue weighted by Crippen LogP contribution is -2.06. The second-order valence-corrected chi connectivity index (χ2v) is 3.86. The molecule has 0 radical (unpaired) electrons. The van der Waals surface area contributed by atoms with Gasteiger partial charge in [0.1, 0.15) is 23.3 Å². The Labute approximate surface area is 136 Å². The van der Waals surface area contributed by atoms with Crippen LogP contribution in [0.4, 0.5) is 22.0 Å². The van der Waals surface area contributed by atoms with E-state index < -0.39 is 28.9 Å². The first-order valence-corrected chi connectivity index (χ1v) is 6.71. The Kier molecular flexibility index (Phi) is 8.74. The molecule has 0 heterocycles. The zero-order chi connectivity index (χ0) is 18.8. The maximum absolute atomic E-state index is 12.4. The van der Waals surface area contributed by atoms with Crippen LogP contribution in [0.1, 0.15) is 30.5 Å². The van der Waals surface area contributed by atoms with Crippen molar-refractivity contribution in [3.05, 3.63) is 70.8 Å². The second kappa shape index (κ2) is 9.96. The Morgan fingerprint density at radius 2 is 1.29 bits per heavy atom. The highest BCUT2D eigenvalue weighted by Crippen LogP contribution is 2.31. The molecule has 2 nitrogen and oxygen atoms in total. The lowest BCUT2D eigenvalue weighted by molar-refractivity contribution is -0.137. The summed E-state index contributed by atoms with van der Waals surface area (Å²) < 4.78 is 61.0. The molecule has 0 aliphatic heterocycles. The molecule has 0 aliphatic rings. The Balaban J connectivity index is 0.000000405. The van der Waals surface area contributed by atoms with Crippen LogP contribution in [0.5, 0.6) is 0 Å². The molecule has 0 saturated carbocycles. The first kappa shape index (κ1) is 21.1. The van der Waals surface area contributed by atoms with Crippen molar-refractivity contribution in [1.82, 2.24) is 0 Å². The van der Waals surface area contributed by atoms with E-state index in [0.29, 0.717) is 0 Å². The van der Waals surface area contributed by atoms with E-state index in [9.17, 15) is 22.0 Å². The minimum absolute atomic E-state index is 0.343. The predicted molar refractivity (Wildman–Crippen MR) is 78.6 cm³/mol. The van der Waals surface area contributed by atoms with Gasteiger partial charge in [-0.05, 0) is 24.3 Å². The van der Waals surface area contributed by atoms with Crippen molar-refractivity contribution in [3.8, 4) is 12.1 Å². The molecule has 2 aromatic rings. The van der Waals surface area contributed by atoms with E-state index in [2.05, 4.69) is 0 Å². The Hall–Kier alpha value is -2.93. The Morgan fingerprint density at radius 1 is 0.792 bits per heavy atom. The van der Waals surface area contributed by atoms with Gasteiger partial charge >= 0.3 is 6.18 Å². The number of benzene rings is 2. The van der Waals surface area contributed by atoms with Crippen LogP contribution >= 0.6 is 0 Å². The summed E-state index contributed by atoms with van der Waals surface area (Å²) in [5.41, 5.74) is -1.75. The number of rotatable bonds is 0. The van der Waals surface area contributed by atoms with Gasteiger partial charge < -0.3 is 0 Å². The lowest BCUT2D eigenvalue weighted by atomic mass is 10.1. The normalized spacial score (nSPS) is 9.38. The smallest absolute Gasteiger partial charge is 0.205 e. The number of nitriles is 2. The summed E-state index contributed by atoms with van der Waals surface area (Å²) >= 11 is 0. The number of hydrogen-bond acceptors (Lipinski definition) is 2. The third-order valence-electron chi connectivity index (χ3n) is 2.43. The minimum Gasteiger partial charge on any atom is -0.205 e. The van der Waals surface area contributed by atoms with Crippen LogP contribution in [0.15, 0.2) is 42.5 Å². The van der Waals surface area contributed by atoms with Gasteiger partial charge in [-0.3, -0.25) is 0 Å². The highest BCUT2D eigenvalue weighted by molar-refractivity contribution is 5.39. The summed E-state index contributed by atoms with van der Waals surface area (Å²) in [6.45, 7) is 4.00. The fraction of sp³-hybridized carbons (Fsp3) is 0.176. The fourth-order valence-corrected chi connectivity index (χ4v) is 1.43. The van der Waals surface area contributed by atoms with E-state index in [1.807, 2.05) is 13.8 Å². The van der Waals surface area contributed by atoms with Gasteiger partial charge in [0.15, 0.2) is 0 Å². The van der Waals surface area contributed by atoms with Gasteiger partial charge in [-0.15, -0.1) is 0 Å². The molecule has 126 valence electrons. The van der Waals surface area contributed by atoms with Crippen molar-refractivity contribution >= 4 is 0 Å². The molecule has 7 heteroatoms. The maximum Gasteiger partial charge on any atom is 0.417 e. The molecular formula is C17H13F5N2. The third kappa shape index (κ3) is 6.05. The predicted octanol–water partition coefficient (Wildman–Crippen LogP) is 5.44. The summed E-state index contributed by atoms with van der Waals surface area (Å²) in [5, 5.41) is 16.5. The van der Waals surface area contributed by atoms with Crippen LogP contribution < -0.4 is 0 Å². The van der Waals surface area contributed by atoms with Crippen molar-refractivity contribution in [2.45, 2.75) is 20.0 Å². The molecule has 0 bridgehead atoms. The molecule has 2 aromatic carbocycles. The molecule has 0 unspecified atom stereocenters. The van der Waals surface area contributed by atoms with E-state index in [0.717, 1.165) is 24.3 Å². The lowest BCUT2D eigenvalue weighted by Gasteiger charge is -2.06. The van der Waals surface area contributed by atoms with Crippen molar-refractivity contribution in [2.75, 3.05) is 0 Å². The van der Waals surface area contributed by atoms with Crippen LogP contribution in [0.25, 0.3) is 0 Å². The zero-order valence-electron chi connectivity index (χ0n) is 12.8. The van der Waals surface area contributed by atoms with Crippen LogP contribution in [0, 0.1) is 34.3 Å². The molecule has 2 rings (SSSR count). The average molecular weight is 340 g/mol. The number of nitrogens with zero attached hydrogens (tertiary/aromatic N) is 2. The van der Waals surface area contributed by atoms with Crippen molar-refractivity contribution in [2.24, 2.45) is 0 Å². The Morgan fingerprint density at radius 3 is 1.62 bits per heavy atom. The number of halogens is 5. The van der Waals surface area contributed by atoms with E-state index in [4.69, 9.17) is 10.5 Å². The van der Waals surface area contributed by atoms with E-state index in [1.54, 1.807) is 0 Å². The molecule has 0 atom stereocenters. The van der Waals surface area contributed by atoms with Gasteiger partial charge in [0, 0.05) is 0 Å². The fourth-order valence-electron chi connectivity index (χ4n) is 1.43. The van der Waals surface area contributed by atoms with Gasteiger partial charge in [0.05, 0.1) is 17.2 Å². The molecule has 0 aliphatic carbocycles. The molecule has 0 N–H and O–H groups in total. The van der Waals surface area contributed by atoms with E-state index >= 15 is 0 Å². The zero-order valence-corrected chi connectivity index (χ0v) is 12.8. The molecule has 24 heavy (non-hydrogen) atoms. The maximum atomic E-state index is 12.4. The highest BCUT2D eigenvalue weighted by Gasteiger charge is 2.32. The molecule has 0 spiro atoms. The minimum atomic E-state index is -4.44. The van der Waals surface area contributed by atoms with Crippen molar-refractivity contribution < 1.29 is 22.0 Å². The summed E-state index contributed by atoms with van der Waals surface area (Å²) in [7, 11) is 0. The van der Waals surface area contributed by atoms with Gasteiger partial charge in [0.25, 0.3) is 0 Å². The Bertz CT molecular complexity index is 720.